The third-order valence-corrected chi connectivity index (χ3v) is 5.53. The molecule has 20 heavy (non-hydrogen) atoms. The molecule has 0 amide bonds. The van der Waals surface area contributed by atoms with Crippen molar-refractivity contribution in [2.75, 3.05) is 17.1 Å². The van der Waals surface area contributed by atoms with Gasteiger partial charge < -0.3 is 5.73 Å². The quantitative estimate of drug-likeness (QED) is 0.857. The first-order chi connectivity index (χ1) is 9.34. The number of hydrogen-bond acceptors (Lipinski definition) is 3. The third-order valence-electron chi connectivity index (χ3n) is 2.79. The van der Waals surface area contributed by atoms with Crippen molar-refractivity contribution >= 4 is 37.3 Å². The molecule has 2 aromatic carbocycles. The molecule has 0 bridgehead atoms. The highest BCUT2D eigenvalue weighted by Crippen LogP contribution is 2.30. The van der Waals surface area contributed by atoms with Gasteiger partial charge in [0.1, 0.15) is 10.7 Å². The summed E-state index contributed by atoms with van der Waals surface area (Å²) in [4.78, 5) is 0.0254. The number of sulfonamides is 1. The smallest absolute Gasteiger partial charge is 0.265 e. The summed E-state index contributed by atoms with van der Waals surface area (Å²) in [5.74, 6) is -0.606. The van der Waals surface area contributed by atoms with Crippen LogP contribution >= 0.6 is 15.9 Å². The summed E-state index contributed by atoms with van der Waals surface area (Å²) in [6.07, 6.45) is 0. The van der Waals surface area contributed by atoms with Gasteiger partial charge in [0.15, 0.2) is 0 Å². The van der Waals surface area contributed by atoms with E-state index in [1.807, 2.05) is 0 Å². The lowest BCUT2D eigenvalue weighted by Crippen LogP contribution is -2.27. The summed E-state index contributed by atoms with van der Waals surface area (Å²) in [7, 11) is -2.57. The summed E-state index contributed by atoms with van der Waals surface area (Å²) in [5, 5.41) is 0. The normalized spacial score (nSPS) is 11.3. The minimum absolute atomic E-state index is 0.0174. The minimum Gasteiger partial charge on any atom is -0.399 e. The number of rotatable bonds is 3. The van der Waals surface area contributed by atoms with Gasteiger partial charge in [0, 0.05) is 17.2 Å². The molecule has 0 aliphatic heterocycles. The van der Waals surface area contributed by atoms with E-state index in [1.54, 1.807) is 6.07 Å². The Morgan fingerprint density at radius 1 is 1.20 bits per heavy atom. The largest absolute Gasteiger partial charge is 0.399 e. The van der Waals surface area contributed by atoms with Crippen LogP contribution in [0.3, 0.4) is 0 Å². The molecule has 0 aliphatic carbocycles. The number of benzene rings is 2. The first-order valence-corrected chi connectivity index (χ1v) is 7.86. The van der Waals surface area contributed by atoms with Crippen molar-refractivity contribution in [3.05, 3.63) is 52.8 Å². The monoisotopic (exact) mass is 358 g/mol. The molecule has 2 N–H and O–H groups in total. The van der Waals surface area contributed by atoms with Crippen LogP contribution in [0.15, 0.2) is 51.8 Å². The van der Waals surface area contributed by atoms with Crippen molar-refractivity contribution < 1.29 is 12.8 Å². The first kappa shape index (κ1) is 14.8. The molecule has 0 spiro atoms. The molecule has 2 aromatic rings. The molecule has 0 fully saturated rings. The maximum Gasteiger partial charge on any atom is 0.265 e. The van der Waals surface area contributed by atoms with Crippen LogP contribution in [0.5, 0.6) is 0 Å². The minimum atomic E-state index is -3.87. The molecule has 106 valence electrons. The number of anilines is 2. The van der Waals surface area contributed by atoms with Gasteiger partial charge in [0.25, 0.3) is 10.0 Å². The second kappa shape index (κ2) is 5.41. The summed E-state index contributed by atoms with van der Waals surface area (Å²) >= 11 is 3.16. The van der Waals surface area contributed by atoms with Crippen molar-refractivity contribution in [2.24, 2.45) is 0 Å². The van der Waals surface area contributed by atoms with Gasteiger partial charge in [-0.1, -0.05) is 12.1 Å². The topological polar surface area (TPSA) is 63.4 Å². The van der Waals surface area contributed by atoms with Gasteiger partial charge in [-0.2, -0.15) is 0 Å². The molecule has 0 saturated heterocycles. The van der Waals surface area contributed by atoms with Crippen molar-refractivity contribution in [3.8, 4) is 0 Å². The van der Waals surface area contributed by atoms with Gasteiger partial charge in [0.05, 0.1) is 5.69 Å². The Hall–Kier alpha value is -1.60. The van der Waals surface area contributed by atoms with E-state index >= 15 is 0 Å². The van der Waals surface area contributed by atoms with E-state index in [2.05, 4.69) is 15.9 Å². The molecular weight excluding hydrogens is 347 g/mol. The van der Waals surface area contributed by atoms with E-state index in [0.29, 0.717) is 10.2 Å². The Bertz CT molecular complexity index is 750. The molecule has 4 nitrogen and oxygen atoms in total. The number of nitrogen functional groups attached to an aromatic ring is 1. The second-order valence-corrected chi connectivity index (χ2v) is 6.91. The fourth-order valence-electron chi connectivity index (χ4n) is 1.71. The maximum absolute atomic E-state index is 13.7. The van der Waals surface area contributed by atoms with Gasteiger partial charge in [-0.3, -0.25) is 4.31 Å². The average molecular weight is 359 g/mol. The predicted octanol–water partition coefficient (Wildman–Crippen LogP) is 3.00. The van der Waals surface area contributed by atoms with Gasteiger partial charge in [0.2, 0.25) is 0 Å². The zero-order valence-corrected chi connectivity index (χ0v) is 12.9. The van der Waals surface area contributed by atoms with Crippen LogP contribution in [0.1, 0.15) is 0 Å². The highest BCUT2D eigenvalue weighted by molar-refractivity contribution is 9.10. The zero-order chi connectivity index (χ0) is 14.9. The predicted molar refractivity (Wildman–Crippen MR) is 80.5 cm³/mol. The number of halogens is 2. The van der Waals surface area contributed by atoms with Crippen molar-refractivity contribution in [1.82, 2.24) is 0 Å². The highest BCUT2D eigenvalue weighted by atomic mass is 79.9. The van der Waals surface area contributed by atoms with Crippen LogP contribution in [0, 0.1) is 5.82 Å². The summed E-state index contributed by atoms with van der Waals surface area (Å²) in [5.41, 5.74) is 6.00. The first-order valence-electron chi connectivity index (χ1n) is 5.62. The fourth-order valence-corrected chi connectivity index (χ4v) is 3.97. The number of nitrogens with zero attached hydrogens (tertiary/aromatic N) is 1. The summed E-state index contributed by atoms with van der Waals surface area (Å²) in [6.45, 7) is 0. The fraction of sp³-hybridized carbons (Fsp3) is 0.0769. The molecule has 0 radical (unpaired) electrons. The molecule has 0 heterocycles. The van der Waals surface area contributed by atoms with Crippen LogP contribution in [-0.2, 0) is 10.0 Å². The Morgan fingerprint density at radius 3 is 2.45 bits per heavy atom. The number of hydrogen-bond donors (Lipinski definition) is 1. The van der Waals surface area contributed by atoms with E-state index in [-0.39, 0.29) is 10.6 Å². The molecule has 7 heteroatoms. The van der Waals surface area contributed by atoms with Crippen molar-refractivity contribution in [3.63, 3.8) is 0 Å². The van der Waals surface area contributed by atoms with Gasteiger partial charge in [-0.25, -0.2) is 12.8 Å². The lowest BCUT2D eigenvalue weighted by molar-refractivity contribution is 0.589. The SMILES string of the molecule is CN(c1ccccc1F)S(=O)(=O)c1ccc(N)cc1Br. The standard InChI is InChI=1S/C13H12BrFN2O2S/c1-17(12-5-3-2-4-11(12)15)20(18,19)13-7-6-9(16)8-10(13)14/h2-8H,16H2,1H3. The maximum atomic E-state index is 13.7. The Balaban J connectivity index is 2.53. The Morgan fingerprint density at radius 2 is 1.85 bits per heavy atom. The van der Waals surface area contributed by atoms with Crippen molar-refractivity contribution in [2.45, 2.75) is 4.90 Å². The Kier molecular flexibility index (Phi) is 4.01. The zero-order valence-electron chi connectivity index (χ0n) is 10.5. The van der Waals surface area contributed by atoms with Gasteiger partial charge >= 0.3 is 0 Å². The average Bonchev–Trinajstić information content (AvgIpc) is 2.38. The molecule has 0 atom stereocenters. The van der Waals surface area contributed by atoms with E-state index in [4.69, 9.17) is 5.73 Å². The van der Waals surface area contributed by atoms with Gasteiger partial charge in [-0.15, -0.1) is 0 Å². The van der Waals surface area contributed by atoms with Crippen LogP contribution in [0.4, 0.5) is 15.8 Å². The van der Waals surface area contributed by atoms with Crippen LogP contribution < -0.4 is 10.0 Å². The molecule has 0 aromatic heterocycles. The van der Waals surface area contributed by atoms with Crippen LogP contribution in [-0.4, -0.2) is 15.5 Å². The number of nitrogens with two attached hydrogens (primary N) is 1. The molecule has 0 unspecified atom stereocenters. The van der Waals surface area contributed by atoms with Crippen molar-refractivity contribution in [1.29, 1.82) is 0 Å². The lowest BCUT2D eigenvalue weighted by atomic mass is 10.3. The summed E-state index contributed by atoms with van der Waals surface area (Å²) in [6, 6.07) is 10.0. The Labute approximate surface area is 125 Å². The lowest BCUT2D eigenvalue weighted by Gasteiger charge is -2.20. The van der Waals surface area contributed by atoms with E-state index < -0.39 is 15.8 Å². The summed E-state index contributed by atoms with van der Waals surface area (Å²) < 4.78 is 40.0. The molecule has 2 rings (SSSR count). The number of para-hydroxylation sites is 1. The third kappa shape index (κ3) is 2.64. The van der Waals surface area contributed by atoms with E-state index in [9.17, 15) is 12.8 Å². The molecule has 0 saturated carbocycles. The molecular formula is C13H12BrFN2O2S. The second-order valence-electron chi connectivity index (χ2n) is 4.11. The van der Waals surface area contributed by atoms with E-state index in [0.717, 1.165) is 4.31 Å². The van der Waals surface area contributed by atoms with Crippen LogP contribution in [0.2, 0.25) is 0 Å². The molecule has 0 aliphatic rings. The highest BCUT2D eigenvalue weighted by Gasteiger charge is 2.25. The van der Waals surface area contributed by atoms with E-state index in [1.165, 1.54) is 43.4 Å². The van der Waals surface area contributed by atoms with Gasteiger partial charge in [-0.05, 0) is 46.3 Å². The van der Waals surface area contributed by atoms with Crippen LogP contribution in [0.25, 0.3) is 0 Å².